The minimum absolute atomic E-state index is 0.0632. The number of anilines is 1. The molecule has 6 heteroatoms. The predicted octanol–water partition coefficient (Wildman–Crippen LogP) is 4.27. The molecule has 4 rings (SSSR count). The van der Waals surface area contributed by atoms with Crippen molar-refractivity contribution in [1.82, 2.24) is 5.32 Å². The summed E-state index contributed by atoms with van der Waals surface area (Å²) in [6, 6.07) is 14.2. The van der Waals surface area contributed by atoms with E-state index in [-0.39, 0.29) is 6.10 Å². The maximum atomic E-state index is 6.00. The highest BCUT2D eigenvalue weighted by Gasteiger charge is 2.20. The smallest absolute Gasteiger partial charge is 0.163 e. The first-order valence-electron chi connectivity index (χ1n) is 11.6. The van der Waals surface area contributed by atoms with Crippen molar-refractivity contribution < 1.29 is 18.9 Å². The predicted molar refractivity (Wildman–Crippen MR) is 123 cm³/mol. The molecule has 1 N–H and O–H groups in total. The first-order valence-corrected chi connectivity index (χ1v) is 11.6. The van der Waals surface area contributed by atoms with Crippen LogP contribution in [0.15, 0.2) is 42.5 Å². The quantitative estimate of drug-likeness (QED) is 0.573. The Morgan fingerprint density at radius 1 is 0.903 bits per heavy atom. The average Bonchev–Trinajstić information content (AvgIpc) is 3.05. The van der Waals surface area contributed by atoms with Gasteiger partial charge in [0.25, 0.3) is 0 Å². The van der Waals surface area contributed by atoms with E-state index in [0.717, 1.165) is 88.1 Å². The van der Waals surface area contributed by atoms with Crippen LogP contribution in [0.1, 0.15) is 32.6 Å². The molecule has 168 valence electrons. The molecule has 2 aliphatic rings. The van der Waals surface area contributed by atoms with Crippen molar-refractivity contribution in [1.29, 1.82) is 0 Å². The molecule has 0 amide bonds. The summed E-state index contributed by atoms with van der Waals surface area (Å²) in [4.78, 5) is 2.45. The highest BCUT2D eigenvalue weighted by Crippen LogP contribution is 2.34. The van der Waals surface area contributed by atoms with Crippen molar-refractivity contribution in [3.05, 3.63) is 42.5 Å². The Bertz CT molecular complexity index is 829. The molecule has 0 saturated heterocycles. The minimum Gasteiger partial charge on any atom is -0.490 e. The summed E-state index contributed by atoms with van der Waals surface area (Å²) in [6.07, 6.45) is 4.36. The van der Waals surface area contributed by atoms with Gasteiger partial charge in [0.15, 0.2) is 23.0 Å². The van der Waals surface area contributed by atoms with E-state index in [2.05, 4.69) is 29.3 Å². The van der Waals surface area contributed by atoms with Crippen LogP contribution in [0, 0.1) is 0 Å². The Hall–Kier alpha value is -2.60. The van der Waals surface area contributed by atoms with Gasteiger partial charge in [-0.25, -0.2) is 0 Å². The molecule has 0 spiro atoms. The van der Waals surface area contributed by atoms with E-state index < -0.39 is 0 Å². The summed E-state index contributed by atoms with van der Waals surface area (Å²) >= 11 is 0. The van der Waals surface area contributed by atoms with Gasteiger partial charge >= 0.3 is 0 Å². The molecule has 0 radical (unpaired) electrons. The van der Waals surface area contributed by atoms with Crippen LogP contribution in [0.2, 0.25) is 0 Å². The SMILES string of the molecule is CCCN(CCCCNCC1COc2ccccc2O1)c1ccc2c(c1)OCCCO2. The summed E-state index contributed by atoms with van der Waals surface area (Å²) in [6.45, 7) is 8.11. The van der Waals surface area contributed by atoms with Gasteiger partial charge < -0.3 is 29.2 Å². The first kappa shape index (κ1) is 21.6. The van der Waals surface area contributed by atoms with Crippen molar-refractivity contribution in [2.75, 3.05) is 50.9 Å². The molecule has 0 aromatic heterocycles. The summed E-state index contributed by atoms with van der Waals surface area (Å²) < 4.78 is 23.4. The van der Waals surface area contributed by atoms with E-state index in [1.165, 1.54) is 5.69 Å². The largest absolute Gasteiger partial charge is 0.490 e. The van der Waals surface area contributed by atoms with E-state index in [1.54, 1.807) is 0 Å². The van der Waals surface area contributed by atoms with Crippen LogP contribution in [0.3, 0.4) is 0 Å². The number of nitrogens with zero attached hydrogens (tertiary/aromatic N) is 1. The molecule has 0 fully saturated rings. The number of hydrogen-bond donors (Lipinski definition) is 1. The molecule has 0 bridgehead atoms. The lowest BCUT2D eigenvalue weighted by molar-refractivity contribution is 0.0905. The maximum absolute atomic E-state index is 6.00. The van der Waals surface area contributed by atoms with Crippen LogP contribution in [0.4, 0.5) is 5.69 Å². The van der Waals surface area contributed by atoms with Gasteiger partial charge in [0.05, 0.1) is 13.2 Å². The molecule has 31 heavy (non-hydrogen) atoms. The topological polar surface area (TPSA) is 52.2 Å². The van der Waals surface area contributed by atoms with E-state index in [1.807, 2.05) is 30.3 Å². The van der Waals surface area contributed by atoms with Gasteiger partial charge in [-0.05, 0) is 50.1 Å². The Balaban J connectivity index is 1.19. The second-order valence-corrected chi connectivity index (χ2v) is 8.08. The fraction of sp³-hybridized carbons (Fsp3) is 0.520. The number of hydrogen-bond acceptors (Lipinski definition) is 6. The third-order valence-electron chi connectivity index (χ3n) is 5.56. The molecular weight excluding hydrogens is 392 g/mol. The highest BCUT2D eigenvalue weighted by atomic mass is 16.6. The minimum atomic E-state index is 0.0632. The van der Waals surface area contributed by atoms with Gasteiger partial charge in [-0.15, -0.1) is 0 Å². The lowest BCUT2D eigenvalue weighted by Gasteiger charge is -2.27. The van der Waals surface area contributed by atoms with E-state index in [0.29, 0.717) is 6.61 Å². The fourth-order valence-corrected chi connectivity index (χ4v) is 3.97. The van der Waals surface area contributed by atoms with Crippen molar-refractivity contribution in [2.24, 2.45) is 0 Å². The summed E-state index contributed by atoms with van der Waals surface area (Å²) in [5.74, 6) is 3.41. The summed E-state index contributed by atoms with van der Waals surface area (Å²) in [5, 5.41) is 3.52. The molecule has 2 aliphatic heterocycles. The highest BCUT2D eigenvalue weighted by molar-refractivity contribution is 5.56. The zero-order chi connectivity index (χ0) is 21.3. The number of para-hydroxylation sites is 2. The average molecular weight is 427 g/mol. The monoisotopic (exact) mass is 426 g/mol. The van der Waals surface area contributed by atoms with E-state index in [9.17, 15) is 0 Å². The van der Waals surface area contributed by atoms with Crippen LogP contribution in [0.25, 0.3) is 0 Å². The van der Waals surface area contributed by atoms with Gasteiger partial charge in [0.2, 0.25) is 0 Å². The second kappa shape index (κ2) is 11.1. The van der Waals surface area contributed by atoms with Crippen LogP contribution >= 0.6 is 0 Å². The molecule has 0 saturated carbocycles. The summed E-state index contributed by atoms with van der Waals surface area (Å²) in [5.41, 5.74) is 1.21. The first-order chi connectivity index (χ1) is 15.3. The van der Waals surface area contributed by atoms with Crippen LogP contribution in [0.5, 0.6) is 23.0 Å². The number of ether oxygens (including phenoxy) is 4. The third kappa shape index (κ3) is 5.97. The van der Waals surface area contributed by atoms with Gasteiger partial charge in [0.1, 0.15) is 12.7 Å². The molecule has 2 aromatic carbocycles. The lowest BCUT2D eigenvalue weighted by Crippen LogP contribution is -2.38. The maximum Gasteiger partial charge on any atom is 0.163 e. The molecule has 1 atom stereocenters. The molecule has 6 nitrogen and oxygen atoms in total. The van der Waals surface area contributed by atoms with Gasteiger partial charge in [-0.3, -0.25) is 0 Å². The lowest BCUT2D eigenvalue weighted by atomic mass is 10.2. The van der Waals surface area contributed by atoms with Crippen molar-refractivity contribution in [3.63, 3.8) is 0 Å². The van der Waals surface area contributed by atoms with Crippen molar-refractivity contribution in [2.45, 2.75) is 38.7 Å². The number of benzene rings is 2. The zero-order valence-corrected chi connectivity index (χ0v) is 18.5. The fourth-order valence-electron chi connectivity index (χ4n) is 3.97. The Morgan fingerprint density at radius 2 is 1.71 bits per heavy atom. The molecule has 1 unspecified atom stereocenters. The Kier molecular flexibility index (Phi) is 7.77. The standard InChI is InChI=1S/C25H34N2O4/c1-2-13-27(20-10-11-23-25(17-20)29-16-7-15-28-23)14-6-5-12-26-18-21-19-30-22-8-3-4-9-24(22)31-21/h3-4,8-11,17,21,26H,2,5-7,12-16,18-19H2,1H3. The number of nitrogens with one attached hydrogen (secondary N) is 1. The van der Waals surface area contributed by atoms with Crippen LogP contribution < -0.4 is 29.2 Å². The molecule has 2 aromatic rings. The van der Waals surface area contributed by atoms with E-state index >= 15 is 0 Å². The normalized spacial score (nSPS) is 17.1. The van der Waals surface area contributed by atoms with Crippen LogP contribution in [-0.2, 0) is 0 Å². The molecule has 0 aliphatic carbocycles. The van der Waals surface area contributed by atoms with Crippen molar-refractivity contribution in [3.8, 4) is 23.0 Å². The van der Waals surface area contributed by atoms with Crippen LogP contribution in [-0.4, -0.2) is 52.1 Å². The number of rotatable bonds is 10. The number of unbranched alkanes of at least 4 members (excludes halogenated alkanes) is 1. The Labute approximate surface area is 185 Å². The van der Waals surface area contributed by atoms with Gasteiger partial charge in [0, 0.05) is 37.8 Å². The summed E-state index contributed by atoms with van der Waals surface area (Å²) in [7, 11) is 0. The zero-order valence-electron chi connectivity index (χ0n) is 18.5. The third-order valence-corrected chi connectivity index (χ3v) is 5.56. The molecule has 2 heterocycles. The van der Waals surface area contributed by atoms with Gasteiger partial charge in [-0.1, -0.05) is 19.1 Å². The Morgan fingerprint density at radius 3 is 2.58 bits per heavy atom. The van der Waals surface area contributed by atoms with E-state index in [4.69, 9.17) is 18.9 Å². The van der Waals surface area contributed by atoms with Crippen molar-refractivity contribution >= 4 is 5.69 Å². The van der Waals surface area contributed by atoms with Gasteiger partial charge in [-0.2, -0.15) is 0 Å². The second-order valence-electron chi connectivity index (χ2n) is 8.08. The number of fused-ring (bicyclic) bond motifs is 2. The molecular formula is C25H34N2O4.